The van der Waals surface area contributed by atoms with Gasteiger partial charge in [-0.2, -0.15) is 4.98 Å². The van der Waals surface area contributed by atoms with Crippen LogP contribution in [0, 0.1) is 0 Å². The molecule has 8 rings (SSSR count). The summed E-state index contributed by atoms with van der Waals surface area (Å²) in [4.78, 5) is 68.6. The number of nitrogens with zero attached hydrogens (tertiary/aromatic N) is 14. The molecule has 0 bridgehead atoms. The van der Waals surface area contributed by atoms with E-state index in [4.69, 9.17) is 4.74 Å². The molecule has 3 aliphatic heterocycles. The summed E-state index contributed by atoms with van der Waals surface area (Å²) in [7, 11) is 0. The number of ether oxygens (including phenoxy) is 1. The zero-order chi connectivity index (χ0) is 44.3. The molecule has 62 heavy (non-hydrogen) atoms. The number of aromatic nitrogens is 10. The minimum atomic E-state index is -0.234. The first-order chi connectivity index (χ1) is 29.8. The number of allylic oxidation sites excluding steroid dienone is 1. The summed E-state index contributed by atoms with van der Waals surface area (Å²) in [6.45, 7) is 25.8. The number of imidazole rings is 2. The van der Waals surface area contributed by atoms with Gasteiger partial charge in [-0.25, -0.2) is 39.7 Å². The molecule has 0 spiro atoms. The number of amidine groups is 2. The Bertz CT molecular complexity index is 2460. The topological polar surface area (TPSA) is 186 Å². The van der Waals surface area contributed by atoms with Crippen molar-refractivity contribution in [1.82, 2.24) is 63.3 Å². The fourth-order valence-corrected chi connectivity index (χ4v) is 7.65. The van der Waals surface area contributed by atoms with Gasteiger partial charge in [-0.15, -0.1) is 0 Å². The highest BCUT2D eigenvalue weighted by Crippen LogP contribution is 2.23. The summed E-state index contributed by atoms with van der Waals surface area (Å²) in [5, 5.41) is 0. The van der Waals surface area contributed by atoms with Crippen LogP contribution in [0.15, 0.2) is 56.5 Å². The maximum absolute atomic E-state index is 12.2. The van der Waals surface area contributed by atoms with Crippen LogP contribution in [0.4, 0.5) is 11.6 Å². The number of aromatic amines is 1. The smallest absolute Gasteiger partial charge is 0.349 e. The molecule has 18 nitrogen and oxygen atoms in total. The van der Waals surface area contributed by atoms with Crippen molar-refractivity contribution in [1.29, 1.82) is 0 Å². The molecule has 0 saturated carbocycles. The van der Waals surface area contributed by atoms with Crippen LogP contribution in [0.1, 0.15) is 125 Å². The SMILES string of the molecule is C/C(=C\c1nc2c(ncn2C(C)C)c(=O)[nH]1)N1CCCCC1.CC(=Nc1ccn(C(C)C)c(=O)n1)N1CCCCC1.CC(=Nc1ncnc2c1ncn2C(C)C)N1CCOCC1. The van der Waals surface area contributed by atoms with Crippen molar-refractivity contribution in [2.24, 2.45) is 9.98 Å². The number of piperidine rings is 2. The van der Waals surface area contributed by atoms with E-state index in [0.29, 0.717) is 34.7 Å². The molecule has 3 fully saturated rings. The number of nitrogens with one attached hydrogen (secondary N) is 1. The van der Waals surface area contributed by atoms with Gasteiger partial charge in [0, 0.05) is 69.3 Å². The molecule has 0 unspecified atom stereocenters. The van der Waals surface area contributed by atoms with Crippen molar-refractivity contribution in [2.45, 2.75) is 119 Å². The Morgan fingerprint density at radius 1 is 0.661 bits per heavy atom. The van der Waals surface area contributed by atoms with Crippen LogP contribution in [0.2, 0.25) is 0 Å². The molecule has 18 heteroatoms. The zero-order valence-corrected chi connectivity index (χ0v) is 38.1. The third-order valence-corrected chi connectivity index (χ3v) is 11.3. The summed E-state index contributed by atoms with van der Waals surface area (Å²) in [5.74, 6) is 3.63. The lowest BCUT2D eigenvalue weighted by Gasteiger charge is -2.29. The Balaban J connectivity index is 0.000000156. The largest absolute Gasteiger partial charge is 0.378 e. The van der Waals surface area contributed by atoms with Gasteiger partial charge in [0.15, 0.2) is 34.0 Å². The minimum Gasteiger partial charge on any atom is -0.378 e. The lowest BCUT2D eigenvalue weighted by atomic mass is 10.1. The highest BCUT2D eigenvalue weighted by Gasteiger charge is 2.17. The number of hydrogen-bond donors (Lipinski definition) is 1. The lowest BCUT2D eigenvalue weighted by molar-refractivity contribution is 0.0678. The van der Waals surface area contributed by atoms with E-state index >= 15 is 0 Å². The second kappa shape index (κ2) is 21.3. The maximum Gasteiger partial charge on any atom is 0.349 e. The van der Waals surface area contributed by atoms with E-state index in [-0.39, 0.29) is 23.3 Å². The molecule has 5 aromatic heterocycles. The van der Waals surface area contributed by atoms with Gasteiger partial charge in [-0.1, -0.05) is 0 Å². The average molecular weight is 852 g/mol. The number of H-pyrrole nitrogens is 1. The molecular formula is C44H65N15O3. The number of aliphatic imine (C=N–C) groups is 2. The normalized spacial score (nSPS) is 16.9. The van der Waals surface area contributed by atoms with E-state index in [2.05, 4.69) is 94.2 Å². The quantitative estimate of drug-likeness (QED) is 0.135. The maximum atomic E-state index is 12.2. The number of likely N-dealkylation sites (tertiary alicyclic amines) is 2. The second-order valence-electron chi connectivity index (χ2n) is 16.9. The summed E-state index contributed by atoms with van der Waals surface area (Å²) in [6.07, 6.45) is 16.3. The Kier molecular flexibility index (Phi) is 15.7. The minimum absolute atomic E-state index is 0.126. The molecule has 0 amide bonds. The Morgan fingerprint density at radius 2 is 1.23 bits per heavy atom. The van der Waals surface area contributed by atoms with E-state index < -0.39 is 0 Å². The molecule has 3 saturated heterocycles. The van der Waals surface area contributed by atoms with Crippen molar-refractivity contribution < 1.29 is 4.74 Å². The standard InChI is InChI=1S/C16H23N5O.C14H20N6O.C14H22N4O/c1-11(2)21-10-17-14-15(21)18-13(19-16(14)22)9-12(3)20-7-5-4-6-8-20;1-10(2)20-9-17-12-13(15-8-16-14(12)20)18-11(3)19-4-6-21-7-5-19;1-11(2)18-10-7-13(16-14(18)19)15-12(3)17-8-5-4-6-9-17/h9-11H,4-8H2,1-3H3,(H,18,19,22);8-10H,4-7H2,1-3H3;7,10-11H,4-6,8-9H2,1-3H3/b12-9+;;. The monoisotopic (exact) mass is 852 g/mol. The van der Waals surface area contributed by atoms with E-state index in [0.717, 1.165) is 81.0 Å². The molecule has 3 aliphatic rings. The van der Waals surface area contributed by atoms with Crippen LogP contribution >= 0.6 is 0 Å². The van der Waals surface area contributed by atoms with Gasteiger partial charge >= 0.3 is 5.69 Å². The number of morpholine rings is 1. The Labute approximate surface area is 363 Å². The van der Waals surface area contributed by atoms with Crippen molar-refractivity contribution in [2.75, 3.05) is 52.5 Å². The van der Waals surface area contributed by atoms with E-state index in [1.54, 1.807) is 35.8 Å². The predicted octanol–water partition coefficient (Wildman–Crippen LogP) is 6.70. The van der Waals surface area contributed by atoms with Crippen LogP contribution in [-0.4, -0.2) is 127 Å². The van der Waals surface area contributed by atoms with Crippen molar-refractivity contribution in [3.8, 4) is 0 Å². The highest BCUT2D eigenvalue weighted by molar-refractivity contribution is 5.88. The van der Waals surface area contributed by atoms with Crippen molar-refractivity contribution in [3.05, 3.63) is 63.6 Å². The highest BCUT2D eigenvalue weighted by atomic mass is 16.5. The van der Waals surface area contributed by atoms with Gasteiger partial charge in [-0.05, 0) is 113 Å². The van der Waals surface area contributed by atoms with Gasteiger partial charge in [0.05, 0.1) is 25.9 Å². The van der Waals surface area contributed by atoms with Crippen LogP contribution in [-0.2, 0) is 4.74 Å². The second-order valence-corrected chi connectivity index (χ2v) is 16.9. The molecule has 5 aromatic rings. The third kappa shape index (κ3) is 11.6. The average Bonchev–Trinajstić information content (AvgIpc) is 3.91. The van der Waals surface area contributed by atoms with Crippen molar-refractivity contribution in [3.63, 3.8) is 0 Å². The fraction of sp³-hybridized carbons (Fsp3) is 0.591. The third-order valence-electron chi connectivity index (χ3n) is 11.3. The summed E-state index contributed by atoms with van der Waals surface area (Å²) in [5.41, 5.74) is 3.37. The van der Waals surface area contributed by atoms with E-state index in [9.17, 15) is 9.59 Å². The molecule has 0 aromatic carbocycles. The first-order valence-electron chi connectivity index (χ1n) is 22.2. The van der Waals surface area contributed by atoms with Crippen LogP contribution in [0.25, 0.3) is 28.4 Å². The van der Waals surface area contributed by atoms with Crippen LogP contribution in [0.5, 0.6) is 0 Å². The zero-order valence-electron chi connectivity index (χ0n) is 38.1. The molecule has 0 radical (unpaired) electrons. The molecule has 1 N–H and O–H groups in total. The molecule has 8 heterocycles. The van der Waals surface area contributed by atoms with Crippen LogP contribution < -0.4 is 11.2 Å². The summed E-state index contributed by atoms with van der Waals surface area (Å²) in [6, 6.07) is 2.46. The molecule has 334 valence electrons. The van der Waals surface area contributed by atoms with E-state index in [1.807, 2.05) is 42.9 Å². The fourth-order valence-electron chi connectivity index (χ4n) is 7.65. The first kappa shape index (κ1) is 45.7. The Hall–Kier alpha value is -5.78. The van der Waals surface area contributed by atoms with Crippen LogP contribution in [0.3, 0.4) is 0 Å². The number of hydrogen-bond acceptors (Lipinski definition) is 12. The number of fused-ring (bicyclic) bond motifs is 2. The van der Waals surface area contributed by atoms with Gasteiger partial charge in [0.25, 0.3) is 5.56 Å². The predicted molar refractivity (Wildman–Crippen MR) is 246 cm³/mol. The van der Waals surface area contributed by atoms with Gasteiger partial charge < -0.3 is 33.6 Å². The van der Waals surface area contributed by atoms with Gasteiger partial charge in [-0.3, -0.25) is 9.36 Å². The van der Waals surface area contributed by atoms with E-state index in [1.165, 1.54) is 38.5 Å². The lowest BCUT2D eigenvalue weighted by Crippen LogP contribution is -2.39. The van der Waals surface area contributed by atoms with Gasteiger partial charge in [0.2, 0.25) is 0 Å². The summed E-state index contributed by atoms with van der Waals surface area (Å²) >= 11 is 0. The summed E-state index contributed by atoms with van der Waals surface area (Å²) < 4.78 is 10.9. The van der Waals surface area contributed by atoms with Gasteiger partial charge in [0.1, 0.15) is 23.8 Å². The van der Waals surface area contributed by atoms with Crippen molar-refractivity contribution >= 4 is 51.7 Å². The molecular weight excluding hydrogens is 787 g/mol. The molecule has 0 atom stereocenters. The first-order valence-corrected chi connectivity index (χ1v) is 22.2. The number of rotatable bonds is 7. The molecule has 0 aliphatic carbocycles. The Morgan fingerprint density at radius 3 is 1.84 bits per heavy atom.